The van der Waals surface area contributed by atoms with Crippen molar-refractivity contribution in [2.45, 2.75) is 58.3 Å². The molecule has 1 rings (SSSR count). The van der Waals surface area contributed by atoms with Gasteiger partial charge in [0, 0.05) is 24.8 Å². The first-order chi connectivity index (χ1) is 9.22. The molecule has 1 atom stereocenters. The average Bonchev–Trinajstić information content (AvgIpc) is 2.36. The van der Waals surface area contributed by atoms with E-state index in [9.17, 15) is 8.42 Å². The van der Waals surface area contributed by atoms with E-state index in [0.29, 0.717) is 12.6 Å². The molecule has 1 aromatic rings. The van der Waals surface area contributed by atoms with Crippen LogP contribution in [0.4, 0.5) is 0 Å². The van der Waals surface area contributed by atoms with Crippen LogP contribution in [0.3, 0.4) is 0 Å². The molecule has 1 aromatic heterocycles. The molecular formula is C14H25N3O2S. The summed E-state index contributed by atoms with van der Waals surface area (Å²) in [5, 5.41) is 3.33. The summed E-state index contributed by atoms with van der Waals surface area (Å²) >= 11 is 0. The highest BCUT2D eigenvalue weighted by Crippen LogP contribution is 2.10. The lowest BCUT2D eigenvalue weighted by atomic mass is 10.1. The van der Waals surface area contributed by atoms with E-state index in [-0.39, 0.29) is 17.0 Å². The Bertz CT molecular complexity index is 510. The third kappa shape index (κ3) is 5.19. The first kappa shape index (κ1) is 17.1. The summed E-state index contributed by atoms with van der Waals surface area (Å²) in [6.45, 7) is 10.6. The minimum Gasteiger partial charge on any atom is -0.310 e. The molecule has 1 unspecified atom stereocenters. The molecule has 0 aromatic carbocycles. The molecule has 1 heterocycles. The lowest BCUT2D eigenvalue weighted by Crippen LogP contribution is -2.36. The fourth-order valence-corrected chi connectivity index (χ4v) is 2.76. The maximum absolute atomic E-state index is 12.1. The molecule has 0 radical (unpaired) electrons. The summed E-state index contributed by atoms with van der Waals surface area (Å²) in [5.41, 5.74) is 0.967. The van der Waals surface area contributed by atoms with E-state index < -0.39 is 10.0 Å². The summed E-state index contributed by atoms with van der Waals surface area (Å²) in [7, 11) is -3.53. The average molecular weight is 299 g/mol. The Labute approximate surface area is 122 Å². The van der Waals surface area contributed by atoms with Gasteiger partial charge in [0.05, 0.1) is 0 Å². The zero-order chi connectivity index (χ0) is 15.3. The Morgan fingerprint density at radius 3 is 2.25 bits per heavy atom. The number of sulfonamides is 1. The predicted molar refractivity (Wildman–Crippen MR) is 80.8 cm³/mol. The second kappa shape index (κ2) is 7.15. The van der Waals surface area contributed by atoms with Gasteiger partial charge in [0.1, 0.15) is 0 Å². The quantitative estimate of drug-likeness (QED) is 0.807. The number of rotatable bonds is 7. The van der Waals surface area contributed by atoms with Crippen LogP contribution in [0.5, 0.6) is 0 Å². The molecule has 5 nitrogen and oxygen atoms in total. The molecule has 0 spiro atoms. The molecule has 0 saturated heterocycles. The van der Waals surface area contributed by atoms with Gasteiger partial charge in [-0.2, -0.15) is 0 Å². The zero-order valence-electron chi connectivity index (χ0n) is 12.8. The number of pyridine rings is 1. The predicted octanol–water partition coefficient (Wildman–Crippen LogP) is 1.90. The van der Waals surface area contributed by atoms with E-state index in [1.54, 1.807) is 18.3 Å². The number of nitrogens with zero attached hydrogens (tertiary/aromatic N) is 1. The maximum atomic E-state index is 12.1. The standard InChI is InChI=1S/C14H25N3O2S/c1-10(2)12(5)17-20(18,19)14-7-6-13(9-16-14)8-15-11(3)4/h6-7,9-12,15,17H,8H2,1-5H3. The van der Waals surface area contributed by atoms with Crippen molar-refractivity contribution in [3.63, 3.8) is 0 Å². The molecule has 20 heavy (non-hydrogen) atoms. The van der Waals surface area contributed by atoms with Crippen molar-refractivity contribution in [2.75, 3.05) is 0 Å². The van der Waals surface area contributed by atoms with Gasteiger partial charge in [0.25, 0.3) is 10.0 Å². The van der Waals surface area contributed by atoms with Crippen molar-refractivity contribution >= 4 is 10.0 Å². The van der Waals surface area contributed by atoms with Gasteiger partial charge in [-0.05, 0) is 24.5 Å². The zero-order valence-corrected chi connectivity index (χ0v) is 13.7. The van der Waals surface area contributed by atoms with Crippen LogP contribution in [-0.4, -0.2) is 25.5 Å². The Morgan fingerprint density at radius 1 is 1.15 bits per heavy atom. The number of aromatic nitrogens is 1. The molecular weight excluding hydrogens is 274 g/mol. The molecule has 0 aliphatic carbocycles. The van der Waals surface area contributed by atoms with Gasteiger partial charge in [-0.25, -0.2) is 18.1 Å². The molecule has 0 amide bonds. The normalized spacial score (nSPS) is 13.9. The summed E-state index contributed by atoms with van der Waals surface area (Å²) in [6, 6.07) is 3.60. The molecule has 2 N–H and O–H groups in total. The van der Waals surface area contributed by atoms with Gasteiger partial charge in [-0.3, -0.25) is 0 Å². The van der Waals surface area contributed by atoms with E-state index in [4.69, 9.17) is 0 Å². The fourth-order valence-electron chi connectivity index (χ4n) is 1.44. The van der Waals surface area contributed by atoms with Gasteiger partial charge in [-0.15, -0.1) is 0 Å². The molecule has 114 valence electrons. The van der Waals surface area contributed by atoms with Crippen LogP contribution in [-0.2, 0) is 16.6 Å². The Balaban J connectivity index is 2.76. The smallest absolute Gasteiger partial charge is 0.258 e. The van der Waals surface area contributed by atoms with Crippen molar-refractivity contribution in [1.29, 1.82) is 0 Å². The minimum absolute atomic E-state index is 0.0679. The van der Waals surface area contributed by atoms with Crippen LogP contribution >= 0.6 is 0 Å². The van der Waals surface area contributed by atoms with Crippen LogP contribution in [0.15, 0.2) is 23.4 Å². The van der Waals surface area contributed by atoms with Crippen molar-refractivity contribution < 1.29 is 8.42 Å². The first-order valence-electron chi connectivity index (χ1n) is 6.93. The van der Waals surface area contributed by atoms with Crippen LogP contribution in [0, 0.1) is 5.92 Å². The summed E-state index contributed by atoms with van der Waals surface area (Å²) in [5.74, 6) is 0.235. The lowest BCUT2D eigenvalue weighted by Gasteiger charge is -2.17. The summed E-state index contributed by atoms with van der Waals surface area (Å²) < 4.78 is 26.9. The van der Waals surface area contributed by atoms with Crippen molar-refractivity contribution in [1.82, 2.24) is 15.0 Å². The number of nitrogens with one attached hydrogen (secondary N) is 2. The highest BCUT2D eigenvalue weighted by Gasteiger charge is 2.20. The van der Waals surface area contributed by atoms with Crippen LogP contribution in [0.2, 0.25) is 0 Å². The Hall–Kier alpha value is -0.980. The molecule has 0 fully saturated rings. The number of hydrogen-bond donors (Lipinski definition) is 2. The molecule has 0 aliphatic rings. The van der Waals surface area contributed by atoms with Crippen LogP contribution < -0.4 is 10.0 Å². The maximum Gasteiger partial charge on any atom is 0.258 e. The lowest BCUT2D eigenvalue weighted by molar-refractivity contribution is 0.475. The van der Waals surface area contributed by atoms with Crippen LogP contribution in [0.1, 0.15) is 40.2 Å². The Morgan fingerprint density at radius 2 is 1.80 bits per heavy atom. The molecule has 0 aliphatic heterocycles. The van der Waals surface area contributed by atoms with Gasteiger partial charge in [-0.1, -0.05) is 33.8 Å². The van der Waals surface area contributed by atoms with E-state index >= 15 is 0 Å². The SMILES string of the molecule is CC(C)NCc1ccc(S(=O)(=O)NC(C)C(C)C)nc1. The molecule has 0 saturated carbocycles. The molecule has 6 heteroatoms. The largest absolute Gasteiger partial charge is 0.310 e. The van der Waals surface area contributed by atoms with Crippen molar-refractivity contribution in [3.05, 3.63) is 23.9 Å². The van der Waals surface area contributed by atoms with E-state index in [2.05, 4.69) is 28.9 Å². The third-order valence-electron chi connectivity index (χ3n) is 3.13. The van der Waals surface area contributed by atoms with Gasteiger partial charge >= 0.3 is 0 Å². The van der Waals surface area contributed by atoms with Crippen LogP contribution in [0.25, 0.3) is 0 Å². The van der Waals surface area contributed by atoms with Gasteiger partial charge in [0.2, 0.25) is 0 Å². The number of hydrogen-bond acceptors (Lipinski definition) is 4. The topological polar surface area (TPSA) is 71.1 Å². The minimum atomic E-state index is -3.53. The first-order valence-corrected chi connectivity index (χ1v) is 8.41. The third-order valence-corrected chi connectivity index (χ3v) is 4.60. The van der Waals surface area contributed by atoms with Gasteiger partial charge in [0.15, 0.2) is 5.03 Å². The fraction of sp³-hybridized carbons (Fsp3) is 0.643. The molecule has 0 bridgehead atoms. The monoisotopic (exact) mass is 299 g/mol. The highest BCUT2D eigenvalue weighted by atomic mass is 32.2. The summed E-state index contributed by atoms with van der Waals surface area (Å²) in [6.07, 6.45) is 1.60. The van der Waals surface area contributed by atoms with Gasteiger partial charge < -0.3 is 5.32 Å². The van der Waals surface area contributed by atoms with E-state index in [1.165, 1.54) is 0 Å². The second-order valence-corrected chi connectivity index (χ2v) is 7.36. The van der Waals surface area contributed by atoms with E-state index in [0.717, 1.165) is 5.56 Å². The van der Waals surface area contributed by atoms with Crippen molar-refractivity contribution in [3.8, 4) is 0 Å². The van der Waals surface area contributed by atoms with Crippen molar-refractivity contribution in [2.24, 2.45) is 5.92 Å². The highest BCUT2D eigenvalue weighted by molar-refractivity contribution is 7.89. The summed E-state index contributed by atoms with van der Waals surface area (Å²) in [4.78, 5) is 4.05. The van der Waals surface area contributed by atoms with E-state index in [1.807, 2.05) is 20.8 Å². The second-order valence-electron chi connectivity index (χ2n) is 5.69. The Kier molecular flexibility index (Phi) is 6.10.